The summed E-state index contributed by atoms with van der Waals surface area (Å²) in [4.78, 5) is 2.80. The molecule has 3 fully saturated rings. The van der Waals surface area contributed by atoms with Gasteiger partial charge >= 0.3 is 0 Å². The summed E-state index contributed by atoms with van der Waals surface area (Å²) in [5.74, 6) is 0.931. The molecule has 0 bridgehead atoms. The van der Waals surface area contributed by atoms with Gasteiger partial charge in [-0.2, -0.15) is 0 Å². The fourth-order valence-corrected chi connectivity index (χ4v) is 4.44. The van der Waals surface area contributed by atoms with E-state index < -0.39 is 0 Å². The first-order chi connectivity index (χ1) is 8.36. The molecule has 0 radical (unpaired) electrons. The Kier molecular flexibility index (Phi) is 3.72. The molecule has 2 heterocycles. The van der Waals surface area contributed by atoms with Crippen molar-refractivity contribution in [2.24, 2.45) is 11.3 Å². The molecule has 1 atom stereocenters. The molecule has 2 nitrogen and oxygen atoms in total. The maximum absolute atomic E-state index is 3.56. The normalized spacial score (nSPS) is 34.2. The fourth-order valence-electron chi connectivity index (χ4n) is 4.44. The molecule has 0 amide bonds. The van der Waals surface area contributed by atoms with Gasteiger partial charge in [-0.1, -0.05) is 12.8 Å². The molecule has 1 aliphatic carbocycles. The van der Waals surface area contributed by atoms with Crippen LogP contribution in [-0.4, -0.2) is 37.6 Å². The lowest BCUT2D eigenvalue weighted by Crippen LogP contribution is -2.46. The molecule has 1 saturated carbocycles. The molecule has 2 heteroatoms. The van der Waals surface area contributed by atoms with Gasteiger partial charge in [0, 0.05) is 13.1 Å². The van der Waals surface area contributed by atoms with Gasteiger partial charge < -0.3 is 10.2 Å². The quantitative estimate of drug-likeness (QED) is 0.793. The van der Waals surface area contributed by atoms with Gasteiger partial charge in [-0.3, -0.25) is 0 Å². The van der Waals surface area contributed by atoms with Crippen molar-refractivity contribution in [3.8, 4) is 0 Å². The van der Waals surface area contributed by atoms with Crippen LogP contribution in [0.4, 0.5) is 0 Å². The fraction of sp³-hybridized carbons (Fsp3) is 1.00. The third kappa shape index (κ3) is 2.85. The van der Waals surface area contributed by atoms with E-state index in [0.717, 1.165) is 11.3 Å². The highest BCUT2D eigenvalue weighted by Gasteiger charge is 2.38. The van der Waals surface area contributed by atoms with Crippen molar-refractivity contribution >= 4 is 0 Å². The van der Waals surface area contributed by atoms with Crippen LogP contribution >= 0.6 is 0 Å². The second-order valence-electron chi connectivity index (χ2n) is 6.76. The minimum Gasteiger partial charge on any atom is -0.316 e. The van der Waals surface area contributed by atoms with Crippen LogP contribution in [0.3, 0.4) is 0 Å². The Hall–Kier alpha value is -0.0800. The number of nitrogens with one attached hydrogen (secondary N) is 1. The standard InChI is InChI=1S/C15H28N2/c1-2-7-15(6-1)8-4-10-17(13-15)12-14-5-3-9-16-11-14/h14,16H,1-13H2. The number of rotatable bonds is 2. The van der Waals surface area contributed by atoms with Crippen LogP contribution in [0.2, 0.25) is 0 Å². The number of piperidine rings is 2. The summed E-state index contributed by atoms with van der Waals surface area (Å²) < 4.78 is 0. The van der Waals surface area contributed by atoms with Gasteiger partial charge in [-0.25, -0.2) is 0 Å². The third-order valence-corrected chi connectivity index (χ3v) is 5.32. The molecule has 2 aliphatic heterocycles. The van der Waals surface area contributed by atoms with Crippen LogP contribution in [0.25, 0.3) is 0 Å². The molecule has 0 aromatic heterocycles. The lowest BCUT2D eigenvalue weighted by molar-refractivity contribution is 0.0761. The zero-order chi connectivity index (χ0) is 11.6. The van der Waals surface area contributed by atoms with Crippen molar-refractivity contribution < 1.29 is 0 Å². The van der Waals surface area contributed by atoms with Crippen molar-refractivity contribution in [3.63, 3.8) is 0 Å². The maximum Gasteiger partial charge on any atom is 0.00381 e. The van der Waals surface area contributed by atoms with Crippen molar-refractivity contribution in [2.45, 2.75) is 51.4 Å². The highest BCUT2D eigenvalue weighted by molar-refractivity contribution is 4.91. The minimum atomic E-state index is 0.750. The Morgan fingerprint density at radius 2 is 1.88 bits per heavy atom. The summed E-state index contributed by atoms with van der Waals surface area (Å²) in [5.41, 5.74) is 0.750. The van der Waals surface area contributed by atoms with E-state index in [0.29, 0.717) is 0 Å². The second-order valence-corrected chi connectivity index (χ2v) is 6.76. The highest BCUT2D eigenvalue weighted by Crippen LogP contribution is 2.44. The van der Waals surface area contributed by atoms with Gasteiger partial charge in [-0.15, -0.1) is 0 Å². The van der Waals surface area contributed by atoms with E-state index in [1.54, 1.807) is 0 Å². The molecule has 98 valence electrons. The van der Waals surface area contributed by atoms with Crippen molar-refractivity contribution in [3.05, 3.63) is 0 Å². The molecule has 0 aromatic carbocycles. The Morgan fingerprint density at radius 3 is 2.65 bits per heavy atom. The average molecular weight is 236 g/mol. The minimum absolute atomic E-state index is 0.750. The van der Waals surface area contributed by atoms with Gasteiger partial charge in [0.25, 0.3) is 0 Å². The van der Waals surface area contributed by atoms with E-state index in [2.05, 4.69) is 10.2 Å². The van der Waals surface area contributed by atoms with Crippen molar-refractivity contribution in [1.29, 1.82) is 0 Å². The molecule has 1 N–H and O–H groups in total. The van der Waals surface area contributed by atoms with Gasteiger partial charge in [0.1, 0.15) is 0 Å². The largest absolute Gasteiger partial charge is 0.316 e. The van der Waals surface area contributed by atoms with Crippen molar-refractivity contribution in [1.82, 2.24) is 10.2 Å². The molecule has 1 spiro atoms. The first-order valence-electron chi connectivity index (χ1n) is 7.79. The average Bonchev–Trinajstić information content (AvgIpc) is 2.79. The predicted molar refractivity (Wildman–Crippen MR) is 72.2 cm³/mol. The van der Waals surface area contributed by atoms with E-state index in [1.807, 2.05) is 0 Å². The van der Waals surface area contributed by atoms with Gasteiger partial charge in [0.05, 0.1) is 0 Å². The highest BCUT2D eigenvalue weighted by atomic mass is 15.1. The topological polar surface area (TPSA) is 15.3 Å². The maximum atomic E-state index is 3.56. The number of hydrogen-bond donors (Lipinski definition) is 1. The van der Waals surface area contributed by atoms with Gasteiger partial charge in [0.15, 0.2) is 0 Å². The summed E-state index contributed by atoms with van der Waals surface area (Å²) in [6.07, 6.45) is 11.9. The number of hydrogen-bond acceptors (Lipinski definition) is 2. The second kappa shape index (κ2) is 5.27. The summed E-state index contributed by atoms with van der Waals surface area (Å²) in [6.45, 7) is 6.68. The van der Waals surface area contributed by atoms with Crippen LogP contribution in [-0.2, 0) is 0 Å². The van der Waals surface area contributed by atoms with E-state index >= 15 is 0 Å². The Morgan fingerprint density at radius 1 is 1.06 bits per heavy atom. The monoisotopic (exact) mass is 236 g/mol. The zero-order valence-electron chi connectivity index (χ0n) is 11.2. The lowest BCUT2D eigenvalue weighted by atomic mass is 9.78. The molecule has 2 saturated heterocycles. The van der Waals surface area contributed by atoms with Crippen LogP contribution in [0, 0.1) is 11.3 Å². The van der Waals surface area contributed by atoms with Crippen molar-refractivity contribution in [2.75, 3.05) is 32.7 Å². The lowest BCUT2D eigenvalue weighted by Gasteiger charge is -2.42. The Bertz CT molecular complexity index is 239. The molecule has 0 aromatic rings. The van der Waals surface area contributed by atoms with Gasteiger partial charge in [-0.05, 0) is 69.5 Å². The van der Waals surface area contributed by atoms with Crippen LogP contribution < -0.4 is 5.32 Å². The Labute approximate surface area is 106 Å². The number of nitrogens with zero attached hydrogens (tertiary/aromatic N) is 1. The molecule has 3 aliphatic rings. The summed E-state index contributed by atoms with van der Waals surface area (Å²) in [6, 6.07) is 0. The summed E-state index contributed by atoms with van der Waals surface area (Å²) in [5, 5.41) is 3.56. The number of likely N-dealkylation sites (tertiary alicyclic amines) is 1. The summed E-state index contributed by atoms with van der Waals surface area (Å²) >= 11 is 0. The molecular weight excluding hydrogens is 208 g/mol. The van der Waals surface area contributed by atoms with E-state index in [4.69, 9.17) is 0 Å². The first kappa shape index (κ1) is 12.0. The van der Waals surface area contributed by atoms with Crippen LogP contribution in [0.5, 0.6) is 0 Å². The van der Waals surface area contributed by atoms with E-state index in [9.17, 15) is 0 Å². The first-order valence-corrected chi connectivity index (χ1v) is 7.79. The third-order valence-electron chi connectivity index (χ3n) is 5.32. The molecule has 1 unspecified atom stereocenters. The smallest absolute Gasteiger partial charge is 0.00381 e. The SMILES string of the molecule is C1CNCC(CN2CCCC3(CCCC3)C2)C1. The van der Waals surface area contributed by atoms with Crippen LogP contribution in [0.1, 0.15) is 51.4 Å². The van der Waals surface area contributed by atoms with Gasteiger partial charge in [0.2, 0.25) is 0 Å². The molecule has 17 heavy (non-hydrogen) atoms. The molecule has 3 rings (SSSR count). The molecular formula is C15H28N2. The predicted octanol–water partition coefficient (Wildman–Crippen LogP) is 2.64. The van der Waals surface area contributed by atoms with E-state index in [-0.39, 0.29) is 0 Å². The summed E-state index contributed by atoms with van der Waals surface area (Å²) in [7, 11) is 0. The Balaban J connectivity index is 1.52. The van der Waals surface area contributed by atoms with Crippen LogP contribution in [0.15, 0.2) is 0 Å². The zero-order valence-corrected chi connectivity index (χ0v) is 11.2. The van der Waals surface area contributed by atoms with E-state index in [1.165, 1.54) is 84.1 Å².